The van der Waals surface area contributed by atoms with Crippen LogP contribution in [0.3, 0.4) is 0 Å². The third-order valence-corrected chi connectivity index (χ3v) is 16.5. The van der Waals surface area contributed by atoms with Gasteiger partial charge in [-0.2, -0.15) is 0 Å². The minimum atomic E-state index is -1.22. The minimum Gasteiger partial charge on any atom is -0.455 e. The van der Waals surface area contributed by atoms with E-state index in [0.29, 0.717) is 36.8 Å². The number of carbonyl (C=O) groups excluding carboxylic acids is 3. The molecule has 2 N–H and O–H groups in total. The monoisotopic (exact) mass is 854 g/mol. The molecule has 338 valence electrons. The molecule has 0 bridgehead atoms. The highest BCUT2D eigenvalue weighted by Gasteiger charge is 2.91. The van der Waals surface area contributed by atoms with Gasteiger partial charge in [-0.05, 0) is 103 Å². The lowest BCUT2D eigenvalue weighted by atomic mass is 9.43. The molecule has 1 aromatic rings. The van der Waals surface area contributed by atoms with Gasteiger partial charge in [0.05, 0.1) is 30.0 Å². The van der Waals surface area contributed by atoms with E-state index >= 15 is 0 Å². The Morgan fingerprint density at radius 2 is 1.56 bits per heavy atom. The molecule has 3 saturated heterocycles. The second-order valence-electron chi connectivity index (χ2n) is 19.4. The maximum atomic E-state index is 14.1. The molecule has 2 spiro atoms. The lowest BCUT2D eigenvalue weighted by Gasteiger charge is -2.61. The highest BCUT2D eigenvalue weighted by Crippen LogP contribution is 2.81. The lowest BCUT2D eigenvalue weighted by Crippen LogP contribution is -2.70. The number of esters is 2. The third-order valence-electron chi connectivity index (χ3n) is 16.5. The minimum absolute atomic E-state index is 0.0124. The molecule has 0 amide bonds. The number of ether oxygens (including phenoxy) is 9. The molecule has 3 aliphatic heterocycles. The Balaban J connectivity index is 1.04. The maximum absolute atomic E-state index is 14.1. The molecule has 19 atom stereocenters. The first-order chi connectivity index (χ1) is 29.0. The maximum Gasteiger partial charge on any atom is 0.338 e. The lowest BCUT2D eigenvalue weighted by molar-refractivity contribution is -0.343. The van der Waals surface area contributed by atoms with Crippen LogP contribution in [0.2, 0.25) is 0 Å². The normalized spacial score (nSPS) is 47.9. The summed E-state index contributed by atoms with van der Waals surface area (Å²) in [6, 6.07) is 8.82. The fraction of sp³-hybridized carbons (Fsp3) is 0.766. The fourth-order valence-corrected chi connectivity index (χ4v) is 13.2. The predicted octanol–water partition coefficient (Wildman–Crippen LogP) is 5.24. The number of epoxide rings is 1. The number of aliphatic hydroxyl groups is 2. The van der Waals surface area contributed by atoms with Crippen molar-refractivity contribution >= 4 is 17.7 Å². The van der Waals surface area contributed by atoms with Crippen molar-refractivity contribution in [3.8, 4) is 0 Å². The number of hydrogen-bond acceptors (Lipinski definition) is 14. The fourth-order valence-electron chi connectivity index (χ4n) is 13.2. The first-order valence-corrected chi connectivity index (χ1v) is 22.3. The van der Waals surface area contributed by atoms with Crippen LogP contribution in [0.5, 0.6) is 0 Å². The van der Waals surface area contributed by atoms with E-state index in [1.807, 2.05) is 19.9 Å². The van der Waals surface area contributed by atoms with Gasteiger partial charge in [-0.3, -0.25) is 4.79 Å². The van der Waals surface area contributed by atoms with Gasteiger partial charge in [0, 0.05) is 43.5 Å². The number of aliphatic hydroxyl groups excluding tert-OH is 2. The van der Waals surface area contributed by atoms with E-state index in [-0.39, 0.29) is 23.7 Å². The quantitative estimate of drug-likeness (QED) is 0.128. The smallest absolute Gasteiger partial charge is 0.338 e. The van der Waals surface area contributed by atoms with Crippen molar-refractivity contribution in [2.45, 2.75) is 185 Å². The highest BCUT2D eigenvalue weighted by molar-refractivity contribution is 5.90. The summed E-state index contributed by atoms with van der Waals surface area (Å²) in [5, 5.41) is 21.4. The van der Waals surface area contributed by atoms with Crippen LogP contribution in [0.25, 0.3) is 0 Å². The Morgan fingerprint density at radius 1 is 0.820 bits per heavy atom. The Kier molecular flexibility index (Phi) is 12.2. The Labute approximate surface area is 359 Å². The van der Waals surface area contributed by atoms with E-state index in [1.54, 1.807) is 65.1 Å². The largest absolute Gasteiger partial charge is 0.455 e. The van der Waals surface area contributed by atoms with Gasteiger partial charge < -0.3 is 52.8 Å². The van der Waals surface area contributed by atoms with Crippen molar-refractivity contribution in [3.63, 3.8) is 0 Å². The van der Waals surface area contributed by atoms with Gasteiger partial charge in [0.2, 0.25) is 0 Å². The summed E-state index contributed by atoms with van der Waals surface area (Å²) in [6.07, 6.45) is -1.73. The van der Waals surface area contributed by atoms with Crippen LogP contribution in [0.1, 0.15) is 110 Å². The topological polar surface area (TPSA) is 178 Å². The van der Waals surface area contributed by atoms with Gasteiger partial charge in [0.25, 0.3) is 0 Å². The number of ketones is 1. The summed E-state index contributed by atoms with van der Waals surface area (Å²) in [5.41, 5.74) is -1.88. The SMILES string of the molecule is C/C=C(\C)C(=O)O[C@@H]1[C@@H](OC(=O)c2ccccc2)[C@]2(C)[C@@H](C(C)=O)CC[C@@]23O[C@]32CC[C@H]3C[C@@H](O[C@H]4C[C@@H](OC)[C@H](O[C@@H]5O[C@H](C)[C@@H](O)[C@@H](OC)[C@H]5O)[C@@H](C)O4)CC[C@]3(C)[C@@H]12. The van der Waals surface area contributed by atoms with E-state index < -0.39 is 107 Å². The molecule has 61 heavy (non-hydrogen) atoms. The number of Topliss-reactive ketones (excluding diaryl/α,β-unsaturated/α-hetero) is 1. The molecular weight excluding hydrogens is 789 g/mol. The number of benzene rings is 1. The first kappa shape index (κ1) is 44.8. The predicted molar refractivity (Wildman–Crippen MR) is 218 cm³/mol. The summed E-state index contributed by atoms with van der Waals surface area (Å²) in [6.45, 7) is 13.0. The van der Waals surface area contributed by atoms with Gasteiger partial charge in [-0.15, -0.1) is 0 Å². The van der Waals surface area contributed by atoms with Crippen LogP contribution < -0.4 is 0 Å². The van der Waals surface area contributed by atoms with Crippen LogP contribution in [-0.2, 0) is 52.2 Å². The Bertz CT molecular complexity index is 1840. The van der Waals surface area contributed by atoms with Crippen molar-refractivity contribution < 1.29 is 67.2 Å². The number of carbonyl (C=O) groups is 3. The molecule has 14 heteroatoms. The van der Waals surface area contributed by atoms with Crippen molar-refractivity contribution in [1.82, 2.24) is 0 Å². The van der Waals surface area contributed by atoms with Gasteiger partial charge in [-0.1, -0.05) is 38.1 Å². The van der Waals surface area contributed by atoms with Gasteiger partial charge in [0.15, 0.2) is 12.6 Å². The molecule has 14 nitrogen and oxygen atoms in total. The molecule has 7 aliphatic rings. The van der Waals surface area contributed by atoms with Crippen LogP contribution in [0, 0.1) is 28.6 Å². The van der Waals surface area contributed by atoms with Crippen LogP contribution in [0.15, 0.2) is 42.0 Å². The zero-order valence-electron chi connectivity index (χ0n) is 37.1. The summed E-state index contributed by atoms with van der Waals surface area (Å²) >= 11 is 0. The molecular formula is C47H66O14. The van der Waals surface area contributed by atoms with Crippen LogP contribution in [0.4, 0.5) is 0 Å². The summed E-state index contributed by atoms with van der Waals surface area (Å²) in [4.78, 5) is 41.6. The van der Waals surface area contributed by atoms with E-state index in [0.717, 1.165) is 25.7 Å². The molecule has 8 rings (SSSR count). The standard InChI is InChI=1S/C47H66O14/c1-10-24(2)41(51)58-38-39-44(6)19-17-30(57-33-23-32(53-8)36(27(5)55-33)59-43-35(50)37(54-9)34(49)26(4)56-43)22-29(44)16-20-46(39)47(61-46)21-18-31(25(3)48)45(47,7)40(38)60-42(52)28-14-12-11-13-15-28/h10-15,26-27,29-40,43,49-50H,16-23H2,1-9H3/b24-10+/t26-,27-,29+,30+,31-,32-,33+,34-,35-,36-,37-,38+,39-,40-,43+,44+,45+,46+,47-/m1/s1. The zero-order chi connectivity index (χ0) is 43.8. The second kappa shape index (κ2) is 16.6. The van der Waals surface area contributed by atoms with Crippen LogP contribution in [-0.4, -0.2) is 127 Å². The number of hydrogen-bond donors (Lipinski definition) is 2. The molecule has 0 radical (unpaired) electrons. The van der Waals surface area contributed by atoms with Crippen molar-refractivity contribution in [1.29, 1.82) is 0 Å². The molecule has 4 saturated carbocycles. The summed E-state index contributed by atoms with van der Waals surface area (Å²) in [5.74, 6) is -1.61. The zero-order valence-corrected chi connectivity index (χ0v) is 37.1. The number of methoxy groups -OCH3 is 2. The molecule has 0 unspecified atom stereocenters. The van der Waals surface area contributed by atoms with Crippen molar-refractivity contribution in [3.05, 3.63) is 47.5 Å². The third kappa shape index (κ3) is 7.06. The van der Waals surface area contributed by atoms with Gasteiger partial charge in [-0.25, -0.2) is 9.59 Å². The number of allylic oxidation sites excluding steroid dienone is 1. The molecule has 7 fully saturated rings. The van der Waals surface area contributed by atoms with E-state index in [9.17, 15) is 24.6 Å². The van der Waals surface area contributed by atoms with Gasteiger partial charge >= 0.3 is 11.9 Å². The molecule has 3 heterocycles. The average molecular weight is 855 g/mol. The second-order valence-corrected chi connectivity index (χ2v) is 19.4. The van der Waals surface area contributed by atoms with Crippen molar-refractivity contribution in [2.24, 2.45) is 28.6 Å². The molecule has 4 aliphatic carbocycles. The number of fused-ring (bicyclic) bond motifs is 2. The van der Waals surface area contributed by atoms with Crippen LogP contribution >= 0.6 is 0 Å². The van der Waals surface area contributed by atoms with Gasteiger partial charge in [0.1, 0.15) is 53.6 Å². The van der Waals surface area contributed by atoms with E-state index in [4.69, 9.17) is 42.6 Å². The summed E-state index contributed by atoms with van der Waals surface area (Å²) in [7, 11) is 3.04. The molecule has 1 aromatic carbocycles. The van der Waals surface area contributed by atoms with E-state index in [1.165, 1.54) is 7.11 Å². The Morgan fingerprint density at radius 3 is 2.23 bits per heavy atom. The van der Waals surface area contributed by atoms with E-state index in [2.05, 4.69) is 6.92 Å². The highest BCUT2D eigenvalue weighted by atomic mass is 16.7. The molecule has 0 aromatic heterocycles. The summed E-state index contributed by atoms with van der Waals surface area (Å²) < 4.78 is 57.2. The average Bonchev–Trinajstić information content (AvgIpc) is 3.79. The number of rotatable bonds is 11. The first-order valence-electron chi connectivity index (χ1n) is 22.3. The Hall–Kier alpha value is -2.79. The van der Waals surface area contributed by atoms with Crippen molar-refractivity contribution in [2.75, 3.05) is 14.2 Å².